The zero-order valence-corrected chi connectivity index (χ0v) is 8.97. The van der Waals surface area contributed by atoms with Crippen LogP contribution in [0.2, 0.25) is 0 Å². The van der Waals surface area contributed by atoms with Gasteiger partial charge in [0.2, 0.25) is 5.91 Å². The maximum Gasteiger partial charge on any atom is 0.230 e. The fourth-order valence-electron chi connectivity index (χ4n) is 1.29. The number of carbonyl (C=O) groups excluding carboxylic acids is 1. The zero-order valence-electron chi connectivity index (χ0n) is 8.97. The van der Waals surface area contributed by atoms with E-state index < -0.39 is 0 Å². The second kappa shape index (κ2) is 5.16. The Labute approximate surface area is 90.1 Å². The molecule has 1 rings (SSSR count). The normalized spacial score (nSPS) is 11.5. The monoisotopic (exact) mass is 202 g/mol. The summed E-state index contributed by atoms with van der Waals surface area (Å²) in [4.78, 5) is 17.3. The van der Waals surface area contributed by atoms with Gasteiger partial charge in [0.1, 0.15) is 0 Å². The van der Waals surface area contributed by atoms with Crippen molar-refractivity contribution in [1.29, 1.82) is 0 Å². The molecule has 3 nitrogen and oxygen atoms in total. The Hall–Kier alpha value is -1.82. The smallest absolute Gasteiger partial charge is 0.230 e. The first-order valence-corrected chi connectivity index (χ1v) is 4.78. The highest BCUT2D eigenvalue weighted by molar-refractivity contribution is 5.94. The van der Waals surface area contributed by atoms with E-state index in [2.05, 4.69) is 10.9 Å². The van der Waals surface area contributed by atoms with Crippen LogP contribution in [0.1, 0.15) is 13.3 Å². The van der Waals surface area contributed by atoms with Crippen molar-refractivity contribution < 1.29 is 4.79 Å². The van der Waals surface area contributed by atoms with E-state index in [0.29, 0.717) is 6.42 Å². The Kier molecular flexibility index (Phi) is 3.87. The molecule has 78 valence electrons. The molecule has 0 saturated carbocycles. The number of carbonyl (C=O) groups is 1. The third-order valence-electron chi connectivity index (χ3n) is 2.23. The van der Waals surface area contributed by atoms with Crippen molar-refractivity contribution in [3.63, 3.8) is 0 Å². The van der Waals surface area contributed by atoms with Crippen molar-refractivity contribution >= 4 is 11.6 Å². The first-order valence-electron chi connectivity index (χ1n) is 4.78. The standard InChI is InChI=1S/C12H14N2O/c1-4-5-10(2)12(15)14(3)11-6-8-13-9-7-11/h1,6-10H,5H2,2-3H3. The summed E-state index contributed by atoms with van der Waals surface area (Å²) >= 11 is 0. The minimum atomic E-state index is -0.145. The van der Waals surface area contributed by atoms with Crippen molar-refractivity contribution in [2.45, 2.75) is 13.3 Å². The van der Waals surface area contributed by atoms with E-state index in [4.69, 9.17) is 6.42 Å². The molecular formula is C12H14N2O. The molecule has 0 radical (unpaired) electrons. The number of hydrogen-bond donors (Lipinski definition) is 0. The third-order valence-corrected chi connectivity index (χ3v) is 2.23. The Morgan fingerprint density at radius 2 is 2.20 bits per heavy atom. The molecule has 0 aromatic carbocycles. The van der Waals surface area contributed by atoms with Crippen molar-refractivity contribution in [3.8, 4) is 12.3 Å². The predicted octanol–water partition coefficient (Wildman–Crippen LogP) is 1.70. The van der Waals surface area contributed by atoms with Gasteiger partial charge in [-0.25, -0.2) is 0 Å². The van der Waals surface area contributed by atoms with E-state index in [-0.39, 0.29) is 11.8 Å². The quantitative estimate of drug-likeness (QED) is 0.699. The summed E-state index contributed by atoms with van der Waals surface area (Å²) in [7, 11) is 1.74. The first kappa shape index (κ1) is 11.3. The SMILES string of the molecule is C#CCC(C)C(=O)N(C)c1ccncc1. The summed E-state index contributed by atoms with van der Waals surface area (Å²) in [5, 5.41) is 0. The van der Waals surface area contributed by atoms with Crippen LogP contribution in [-0.4, -0.2) is 17.9 Å². The molecule has 1 aromatic rings. The molecule has 0 N–H and O–H groups in total. The van der Waals surface area contributed by atoms with Crippen LogP contribution in [-0.2, 0) is 4.79 Å². The number of pyridine rings is 1. The van der Waals surface area contributed by atoms with Crippen molar-refractivity contribution in [2.24, 2.45) is 5.92 Å². The molecule has 0 bridgehead atoms. The molecule has 3 heteroatoms. The Morgan fingerprint density at radius 1 is 1.60 bits per heavy atom. The van der Waals surface area contributed by atoms with Gasteiger partial charge in [0.05, 0.1) is 0 Å². The van der Waals surface area contributed by atoms with Gasteiger partial charge in [0.15, 0.2) is 0 Å². The lowest BCUT2D eigenvalue weighted by Gasteiger charge is -2.20. The summed E-state index contributed by atoms with van der Waals surface area (Å²) in [5.41, 5.74) is 0.832. The zero-order chi connectivity index (χ0) is 11.3. The van der Waals surface area contributed by atoms with E-state index >= 15 is 0 Å². The maximum atomic E-state index is 11.8. The fourth-order valence-corrected chi connectivity index (χ4v) is 1.29. The predicted molar refractivity (Wildman–Crippen MR) is 60.3 cm³/mol. The number of anilines is 1. The average Bonchev–Trinajstić information content (AvgIpc) is 2.28. The van der Waals surface area contributed by atoms with Crippen LogP contribution in [0.3, 0.4) is 0 Å². The molecule has 1 amide bonds. The molecule has 1 heterocycles. The molecule has 0 saturated heterocycles. The van der Waals surface area contributed by atoms with Gasteiger partial charge in [0.25, 0.3) is 0 Å². The summed E-state index contributed by atoms with van der Waals surface area (Å²) in [6, 6.07) is 3.58. The molecule has 1 aromatic heterocycles. The lowest BCUT2D eigenvalue weighted by Crippen LogP contribution is -2.31. The number of terminal acetylenes is 1. The van der Waals surface area contributed by atoms with Crippen LogP contribution in [0.15, 0.2) is 24.5 Å². The van der Waals surface area contributed by atoms with E-state index in [9.17, 15) is 4.79 Å². The molecule has 0 aliphatic rings. The second-order valence-corrected chi connectivity index (χ2v) is 3.41. The van der Waals surface area contributed by atoms with Gasteiger partial charge in [0, 0.05) is 37.5 Å². The minimum Gasteiger partial charge on any atom is -0.315 e. The van der Waals surface area contributed by atoms with Gasteiger partial charge in [-0.3, -0.25) is 9.78 Å². The second-order valence-electron chi connectivity index (χ2n) is 3.41. The Bertz CT molecular complexity index is 367. The first-order chi connectivity index (χ1) is 7.16. The van der Waals surface area contributed by atoms with Crippen LogP contribution < -0.4 is 4.90 Å². The van der Waals surface area contributed by atoms with Gasteiger partial charge in [-0.1, -0.05) is 6.92 Å². The average molecular weight is 202 g/mol. The molecular weight excluding hydrogens is 188 g/mol. The number of nitrogens with zero attached hydrogens (tertiary/aromatic N) is 2. The maximum absolute atomic E-state index is 11.8. The highest BCUT2D eigenvalue weighted by atomic mass is 16.2. The lowest BCUT2D eigenvalue weighted by atomic mass is 10.1. The minimum absolute atomic E-state index is 0.0270. The lowest BCUT2D eigenvalue weighted by molar-refractivity contribution is -0.121. The molecule has 0 aliphatic carbocycles. The van der Waals surface area contributed by atoms with Gasteiger partial charge >= 0.3 is 0 Å². The molecule has 0 fully saturated rings. The summed E-state index contributed by atoms with van der Waals surface area (Å²) in [5.74, 6) is 2.38. The Morgan fingerprint density at radius 3 is 2.73 bits per heavy atom. The topological polar surface area (TPSA) is 33.2 Å². The third kappa shape index (κ3) is 2.81. The van der Waals surface area contributed by atoms with Crippen LogP contribution in [0.4, 0.5) is 5.69 Å². The molecule has 15 heavy (non-hydrogen) atoms. The van der Waals surface area contributed by atoms with E-state index in [0.717, 1.165) is 5.69 Å². The molecule has 1 atom stereocenters. The number of rotatable bonds is 3. The van der Waals surface area contributed by atoms with Crippen molar-refractivity contribution in [2.75, 3.05) is 11.9 Å². The fraction of sp³-hybridized carbons (Fsp3) is 0.333. The van der Waals surface area contributed by atoms with Gasteiger partial charge in [-0.05, 0) is 12.1 Å². The summed E-state index contributed by atoms with van der Waals surface area (Å²) < 4.78 is 0. The number of amides is 1. The molecule has 1 unspecified atom stereocenters. The van der Waals surface area contributed by atoms with Crippen LogP contribution in [0, 0.1) is 18.3 Å². The largest absolute Gasteiger partial charge is 0.315 e. The highest BCUT2D eigenvalue weighted by Crippen LogP contribution is 2.14. The molecule has 0 spiro atoms. The van der Waals surface area contributed by atoms with E-state index in [1.807, 2.05) is 6.92 Å². The Balaban J connectivity index is 2.74. The van der Waals surface area contributed by atoms with Gasteiger partial charge in [-0.15, -0.1) is 12.3 Å². The number of aromatic nitrogens is 1. The van der Waals surface area contributed by atoms with Gasteiger partial charge in [-0.2, -0.15) is 0 Å². The highest BCUT2D eigenvalue weighted by Gasteiger charge is 2.17. The van der Waals surface area contributed by atoms with Crippen molar-refractivity contribution in [1.82, 2.24) is 4.98 Å². The van der Waals surface area contributed by atoms with Crippen LogP contribution >= 0.6 is 0 Å². The van der Waals surface area contributed by atoms with E-state index in [1.54, 1.807) is 36.5 Å². The van der Waals surface area contributed by atoms with E-state index in [1.165, 1.54) is 0 Å². The van der Waals surface area contributed by atoms with Crippen LogP contribution in [0.25, 0.3) is 0 Å². The van der Waals surface area contributed by atoms with Gasteiger partial charge < -0.3 is 4.90 Å². The molecule has 0 aliphatic heterocycles. The van der Waals surface area contributed by atoms with Crippen LogP contribution in [0.5, 0.6) is 0 Å². The summed E-state index contributed by atoms with van der Waals surface area (Å²) in [6.07, 6.45) is 8.96. The number of hydrogen-bond acceptors (Lipinski definition) is 2. The summed E-state index contributed by atoms with van der Waals surface area (Å²) in [6.45, 7) is 1.83. The van der Waals surface area contributed by atoms with Crippen molar-refractivity contribution in [3.05, 3.63) is 24.5 Å².